The van der Waals surface area contributed by atoms with Crippen LogP contribution in [0.3, 0.4) is 0 Å². The number of rotatable bonds is 3. The molecule has 1 aromatic carbocycles. The number of nitrogens with two attached hydrogens (primary N) is 1. The second-order valence-corrected chi connectivity index (χ2v) is 6.56. The van der Waals surface area contributed by atoms with Gasteiger partial charge in [-0.1, -0.05) is 0 Å². The molecule has 0 aromatic heterocycles. The lowest BCUT2D eigenvalue weighted by Gasteiger charge is -2.16. The Bertz CT molecular complexity index is 574. The molecule has 1 heterocycles. The van der Waals surface area contributed by atoms with Gasteiger partial charge in [0.25, 0.3) is 0 Å². The van der Waals surface area contributed by atoms with E-state index in [2.05, 4.69) is 5.32 Å². The first-order valence-electron chi connectivity index (χ1n) is 6.03. The van der Waals surface area contributed by atoms with E-state index in [1.807, 2.05) is 0 Å². The quantitative estimate of drug-likeness (QED) is 0.861. The highest BCUT2D eigenvalue weighted by atomic mass is 35.5. The van der Waals surface area contributed by atoms with E-state index in [9.17, 15) is 13.2 Å². The van der Waals surface area contributed by atoms with Crippen LogP contribution in [-0.2, 0) is 14.8 Å². The molecule has 1 atom stereocenters. The molecule has 1 unspecified atom stereocenters. The predicted octanol–water partition coefficient (Wildman–Crippen LogP) is 0.788. The number of carbonyl (C=O) groups excluding carboxylic acids is 1. The van der Waals surface area contributed by atoms with Crippen LogP contribution in [0.2, 0.25) is 0 Å². The molecule has 0 bridgehead atoms. The number of nitrogens with zero attached hydrogens (tertiary/aromatic N) is 1. The molecule has 2 rings (SSSR count). The Kier molecular flexibility index (Phi) is 5.52. The Balaban J connectivity index is 0.00000200. The van der Waals surface area contributed by atoms with Crippen LogP contribution < -0.4 is 11.1 Å². The van der Waals surface area contributed by atoms with E-state index in [1.54, 1.807) is 12.1 Å². The van der Waals surface area contributed by atoms with Gasteiger partial charge in [0.1, 0.15) is 0 Å². The summed E-state index contributed by atoms with van der Waals surface area (Å²) in [6, 6.07) is 6.04. The molecule has 1 amide bonds. The molecule has 112 valence electrons. The summed E-state index contributed by atoms with van der Waals surface area (Å²) in [6.45, 7) is 2.21. The van der Waals surface area contributed by atoms with Crippen LogP contribution in [0.5, 0.6) is 0 Å². The van der Waals surface area contributed by atoms with E-state index in [0.29, 0.717) is 25.2 Å². The number of hydrogen-bond acceptors (Lipinski definition) is 4. The third kappa shape index (κ3) is 3.69. The van der Waals surface area contributed by atoms with Crippen molar-refractivity contribution in [3.05, 3.63) is 24.3 Å². The van der Waals surface area contributed by atoms with Gasteiger partial charge in [-0.25, -0.2) is 8.42 Å². The molecule has 1 saturated heterocycles. The van der Waals surface area contributed by atoms with E-state index in [1.165, 1.54) is 23.4 Å². The number of hydrogen-bond donors (Lipinski definition) is 2. The van der Waals surface area contributed by atoms with Crippen molar-refractivity contribution < 1.29 is 13.2 Å². The summed E-state index contributed by atoms with van der Waals surface area (Å²) >= 11 is 0. The molecule has 1 aliphatic rings. The van der Waals surface area contributed by atoms with Gasteiger partial charge in [-0.05, 0) is 30.7 Å². The van der Waals surface area contributed by atoms with Crippen LogP contribution in [0.25, 0.3) is 0 Å². The number of sulfonamides is 1. The maximum atomic E-state index is 12.3. The molecule has 0 spiro atoms. The largest absolute Gasteiger partial charge is 0.326 e. The van der Waals surface area contributed by atoms with Crippen molar-refractivity contribution in [2.24, 2.45) is 5.73 Å². The minimum Gasteiger partial charge on any atom is -0.326 e. The SMILES string of the molecule is CC(=O)Nc1ccc(S(=O)(=O)N2CCC(N)C2)cc1.Cl. The predicted molar refractivity (Wildman–Crippen MR) is 79.3 cm³/mol. The molecule has 20 heavy (non-hydrogen) atoms. The van der Waals surface area contributed by atoms with Crippen molar-refractivity contribution in [3.63, 3.8) is 0 Å². The van der Waals surface area contributed by atoms with Gasteiger partial charge >= 0.3 is 0 Å². The number of carbonyl (C=O) groups is 1. The average Bonchev–Trinajstić information content (AvgIpc) is 2.76. The van der Waals surface area contributed by atoms with Crippen LogP contribution in [-0.4, -0.2) is 37.8 Å². The molecular weight excluding hydrogens is 302 g/mol. The van der Waals surface area contributed by atoms with Crippen LogP contribution in [0.15, 0.2) is 29.2 Å². The lowest BCUT2D eigenvalue weighted by atomic mass is 10.3. The number of anilines is 1. The van der Waals surface area contributed by atoms with Gasteiger partial charge in [-0.2, -0.15) is 4.31 Å². The third-order valence-electron chi connectivity index (χ3n) is 3.00. The average molecular weight is 320 g/mol. The van der Waals surface area contributed by atoms with Gasteiger partial charge < -0.3 is 11.1 Å². The zero-order chi connectivity index (χ0) is 14.0. The molecule has 1 aromatic rings. The summed E-state index contributed by atoms with van der Waals surface area (Å²) < 4.78 is 26.0. The molecule has 3 N–H and O–H groups in total. The van der Waals surface area contributed by atoms with E-state index >= 15 is 0 Å². The van der Waals surface area contributed by atoms with Crippen molar-refractivity contribution >= 4 is 34.0 Å². The zero-order valence-electron chi connectivity index (χ0n) is 11.1. The first kappa shape index (κ1) is 16.9. The Morgan fingerprint density at radius 2 is 1.95 bits per heavy atom. The highest BCUT2D eigenvalue weighted by molar-refractivity contribution is 7.89. The Hall–Kier alpha value is -1.15. The van der Waals surface area contributed by atoms with Crippen LogP contribution in [0, 0.1) is 0 Å². The highest BCUT2D eigenvalue weighted by Gasteiger charge is 2.30. The molecule has 1 aliphatic heterocycles. The number of nitrogens with one attached hydrogen (secondary N) is 1. The Morgan fingerprint density at radius 3 is 2.40 bits per heavy atom. The summed E-state index contributed by atoms with van der Waals surface area (Å²) in [4.78, 5) is 11.1. The highest BCUT2D eigenvalue weighted by Crippen LogP contribution is 2.21. The number of amides is 1. The normalized spacial score (nSPS) is 19.4. The first-order valence-corrected chi connectivity index (χ1v) is 7.47. The van der Waals surface area contributed by atoms with Gasteiger partial charge in [-0.15, -0.1) is 12.4 Å². The number of benzene rings is 1. The van der Waals surface area contributed by atoms with E-state index in [4.69, 9.17) is 5.73 Å². The smallest absolute Gasteiger partial charge is 0.243 e. The summed E-state index contributed by atoms with van der Waals surface area (Å²) in [6.07, 6.45) is 0.684. The first-order chi connectivity index (χ1) is 8.89. The van der Waals surface area contributed by atoms with E-state index < -0.39 is 10.0 Å². The van der Waals surface area contributed by atoms with Gasteiger partial charge in [-0.3, -0.25) is 4.79 Å². The third-order valence-corrected chi connectivity index (χ3v) is 4.88. The summed E-state index contributed by atoms with van der Waals surface area (Å²) in [5.74, 6) is -0.193. The molecule has 0 saturated carbocycles. The topological polar surface area (TPSA) is 92.5 Å². The molecule has 0 radical (unpaired) electrons. The van der Waals surface area contributed by atoms with Gasteiger partial charge in [0, 0.05) is 31.7 Å². The minimum absolute atomic E-state index is 0. The van der Waals surface area contributed by atoms with Crippen LogP contribution >= 0.6 is 12.4 Å². The summed E-state index contributed by atoms with van der Waals surface area (Å²) in [7, 11) is -3.48. The van der Waals surface area contributed by atoms with Gasteiger partial charge in [0.05, 0.1) is 4.90 Å². The summed E-state index contributed by atoms with van der Waals surface area (Å²) in [5, 5.41) is 2.59. The lowest BCUT2D eigenvalue weighted by Crippen LogP contribution is -2.31. The Morgan fingerprint density at radius 1 is 1.35 bits per heavy atom. The lowest BCUT2D eigenvalue weighted by molar-refractivity contribution is -0.114. The maximum absolute atomic E-state index is 12.3. The van der Waals surface area contributed by atoms with Crippen LogP contribution in [0.1, 0.15) is 13.3 Å². The minimum atomic E-state index is -3.48. The fraction of sp³-hybridized carbons (Fsp3) is 0.417. The van der Waals surface area contributed by atoms with Crippen molar-refractivity contribution in [1.29, 1.82) is 0 Å². The van der Waals surface area contributed by atoms with Crippen LogP contribution in [0.4, 0.5) is 5.69 Å². The van der Waals surface area contributed by atoms with Crippen molar-refractivity contribution in [3.8, 4) is 0 Å². The fourth-order valence-corrected chi connectivity index (χ4v) is 3.55. The summed E-state index contributed by atoms with van der Waals surface area (Å²) in [5.41, 5.74) is 6.30. The fourth-order valence-electron chi connectivity index (χ4n) is 2.03. The molecule has 1 fully saturated rings. The van der Waals surface area contributed by atoms with E-state index in [0.717, 1.165) is 0 Å². The van der Waals surface area contributed by atoms with Crippen molar-refractivity contribution in [2.45, 2.75) is 24.3 Å². The number of halogens is 1. The van der Waals surface area contributed by atoms with Gasteiger partial charge in [0.15, 0.2) is 0 Å². The molecule has 8 heteroatoms. The van der Waals surface area contributed by atoms with Crippen molar-refractivity contribution in [1.82, 2.24) is 4.31 Å². The second kappa shape index (κ2) is 6.53. The second-order valence-electron chi connectivity index (χ2n) is 4.62. The molecule has 0 aliphatic carbocycles. The van der Waals surface area contributed by atoms with Gasteiger partial charge in [0.2, 0.25) is 15.9 Å². The monoisotopic (exact) mass is 319 g/mol. The Labute approximate surface area is 124 Å². The van der Waals surface area contributed by atoms with E-state index in [-0.39, 0.29) is 29.3 Å². The zero-order valence-corrected chi connectivity index (χ0v) is 12.7. The standard InChI is InChI=1S/C12H17N3O3S.ClH/c1-9(16)14-11-2-4-12(5-3-11)19(17,18)15-7-6-10(13)8-15;/h2-5,10H,6-8,13H2,1H3,(H,14,16);1H. The molecule has 6 nitrogen and oxygen atoms in total. The molecular formula is C12H18ClN3O3S. The maximum Gasteiger partial charge on any atom is 0.243 e. The van der Waals surface area contributed by atoms with Crippen molar-refractivity contribution in [2.75, 3.05) is 18.4 Å².